The first-order valence-corrected chi connectivity index (χ1v) is 6.35. The lowest BCUT2D eigenvalue weighted by atomic mass is 10.2. The second-order valence-electron chi connectivity index (χ2n) is 4.35. The summed E-state index contributed by atoms with van der Waals surface area (Å²) in [6.07, 6.45) is 0. The number of nitrogens with two attached hydrogens (primary N) is 1. The summed E-state index contributed by atoms with van der Waals surface area (Å²) in [5.41, 5.74) is 6.59. The molecule has 21 heavy (non-hydrogen) atoms. The Balaban J connectivity index is 2.79. The van der Waals surface area contributed by atoms with E-state index in [0.29, 0.717) is 5.56 Å². The van der Waals surface area contributed by atoms with Crippen LogP contribution in [-0.2, 0) is 4.74 Å². The molecule has 0 fully saturated rings. The molecule has 2 aromatic rings. The van der Waals surface area contributed by atoms with Crippen molar-refractivity contribution in [2.24, 2.45) is 0 Å². The fraction of sp³-hybridized carbons (Fsp3) is 0.200. The van der Waals surface area contributed by atoms with Crippen LogP contribution in [0.15, 0.2) is 24.3 Å². The average Bonchev–Trinajstić information content (AvgIpc) is 2.70. The number of halogens is 1. The van der Waals surface area contributed by atoms with E-state index >= 15 is 0 Å². The number of nitrogens with zero attached hydrogens (tertiary/aromatic N) is 2. The molecule has 0 amide bonds. The van der Waals surface area contributed by atoms with Gasteiger partial charge in [0.2, 0.25) is 0 Å². The van der Waals surface area contributed by atoms with Gasteiger partial charge < -0.3 is 10.5 Å². The van der Waals surface area contributed by atoms with E-state index in [9.17, 15) is 14.4 Å². The van der Waals surface area contributed by atoms with Crippen molar-refractivity contribution in [3.63, 3.8) is 0 Å². The molecule has 0 aliphatic carbocycles. The maximum Gasteiger partial charge on any atom is 0.355 e. The molecule has 5 nitrogen and oxygen atoms in total. The summed E-state index contributed by atoms with van der Waals surface area (Å²) in [5, 5.41) is 9.18. The Morgan fingerprint density at radius 3 is 2.71 bits per heavy atom. The number of anilines is 1. The van der Waals surface area contributed by atoms with Crippen molar-refractivity contribution in [1.29, 1.82) is 5.26 Å². The van der Waals surface area contributed by atoms with Crippen LogP contribution in [0.3, 0.4) is 0 Å². The first kappa shape index (κ1) is 14.6. The minimum atomic E-state index is -0.647. The minimum Gasteiger partial charge on any atom is -0.461 e. The van der Waals surface area contributed by atoms with Gasteiger partial charge in [0.1, 0.15) is 23.4 Å². The summed E-state index contributed by atoms with van der Waals surface area (Å²) < 4.78 is 20.2. The summed E-state index contributed by atoms with van der Waals surface area (Å²) in [7, 11) is 0. The highest BCUT2D eigenvalue weighted by atomic mass is 19.1. The van der Waals surface area contributed by atoms with Gasteiger partial charge in [-0.15, -0.1) is 0 Å². The molecule has 0 radical (unpaired) electrons. The molecule has 0 saturated heterocycles. The Morgan fingerprint density at radius 1 is 1.48 bits per heavy atom. The van der Waals surface area contributed by atoms with E-state index in [1.54, 1.807) is 19.9 Å². The van der Waals surface area contributed by atoms with E-state index in [1.807, 2.05) is 6.07 Å². The lowest BCUT2D eigenvalue weighted by Crippen LogP contribution is -2.14. The fourth-order valence-electron chi connectivity index (χ4n) is 2.18. The SMILES string of the molecule is CCOC(=O)c1c(C)c(C#N)c(N)n1-c1ccccc1F. The van der Waals surface area contributed by atoms with E-state index in [2.05, 4.69) is 0 Å². The lowest BCUT2D eigenvalue weighted by Gasteiger charge is -2.11. The van der Waals surface area contributed by atoms with Crippen LogP contribution in [0.2, 0.25) is 0 Å². The Morgan fingerprint density at radius 2 is 2.14 bits per heavy atom. The van der Waals surface area contributed by atoms with Gasteiger partial charge in [-0.2, -0.15) is 5.26 Å². The molecule has 1 heterocycles. The summed E-state index contributed by atoms with van der Waals surface area (Å²) in [5.74, 6) is -1.18. The monoisotopic (exact) mass is 287 g/mol. The van der Waals surface area contributed by atoms with Crippen molar-refractivity contribution in [2.75, 3.05) is 12.3 Å². The number of esters is 1. The first-order valence-electron chi connectivity index (χ1n) is 6.35. The van der Waals surface area contributed by atoms with E-state index in [1.165, 1.54) is 22.8 Å². The lowest BCUT2D eigenvalue weighted by molar-refractivity contribution is 0.0516. The highest BCUT2D eigenvalue weighted by Crippen LogP contribution is 2.29. The quantitative estimate of drug-likeness (QED) is 0.880. The molecule has 2 N–H and O–H groups in total. The first-order chi connectivity index (χ1) is 10.0. The predicted octanol–water partition coefficient (Wildman–Crippen LogP) is 2.56. The number of para-hydroxylation sites is 1. The highest BCUT2D eigenvalue weighted by molar-refractivity contribution is 5.93. The van der Waals surface area contributed by atoms with Gasteiger partial charge in [-0.05, 0) is 26.0 Å². The molecule has 0 unspecified atom stereocenters. The number of rotatable bonds is 3. The van der Waals surface area contributed by atoms with Gasteiger partial charge in [0.15, 0.2) is 0 Å². The van der Waals surface area contributed by atoms with E-state index in [0.717, 1.165) is 0 Å². The minimum absolute atomic E-state index is 0.0168. The maximum atomic E-state index is 14.0. The third kappa shape index (κ3) is 2.34. The summed E-state index contributed by atoms with van der Waals surface area (Å²) in [6, 6.07) is 7.82. The number of aromatic nitrogens is 1. The molecule has 0 saturated carbocycles. The highest BCUT2D eigenvalue weighted by Gasteiger charge is 2.26. The number of benzene rings is 1. The van der Waals surface area contributed by atoms with Crippen molar-refractivity contribution in [2.45, 2.75) is 13.8 Å². The number of hydrogen-bond acceptors (Lipinski definition) is 4. The topological polar surface area (TPSA) is 81.0 Å². The largest absolute Gasteiger partial charge is 0.461 e. The van der Waals surface area contributed by atoms with Gasteiger partial charge in [-0.3, -0.25) is 4.57 Å². The molecular formula is C15H14FN3O2. The zero-order valence-electron chi connectivity index (χ0n) is 11.7. The predicted molar refractivity (Wildman–Crippen MR) is 75.5 cm³/mol. The van der Waals surface area contributed by atoms with Crippen LogP contribution in [0.4, 0.5) is 10.2 Å². The van der Waals surface area contributed by atoms with Gasteiger partial charge in [-0.25, -0.2) is 9.18 Å². The van der Waals surface area contributed by atoms with Crippen LogP contribution in [0.1, 0.15) is 28.5 Å². The van der Waals surface area contributed by atoms with Crippen LogP contribution in [-0.4, -0.2) is 17.1 Å². The molecule has 6 heteroatoms. The number of carbonyl (C=O) groups excluding carboxylic acids is 1. The second kappa shape index (κ2) is 5.67. The molecule has 0 bridgehead atoms. The van der Waals surface area contributed by atoms with Crippen molar-refractivity contribution < 1.29 is 13.9 Å². The van der Waals surface area contributed by atoms with Gasteiger partial charge >= 0.3 is 5.97 Å². The van der Waals surface area contributed by atoms with Crippen molar-refractivity contribution >= 4 is 11.8 Å². The smallest absolute Gasteiger partial charge is 0.355 e. The zero-order valence-corrected chi connectivity index (χ0v) is 11.7. The van der Waals surface area contributed by atoms with E-state index in [-0.39, 0.29) is 29.4 Å². The number of ether oxygens (including phenoxy) is 1. The third-order valence-electron chi connectivity index (χ3n) is 3.12. The summed E-state index contributed by atoms with van der Waals surface area (Å²) >= 11 is 0. The van der Waals surface area contributed by atoms with Crippen LogP contribution in [0, 0.1) is 24.1 Å². The molecule has 2 rings (SSSR count). The Kier molecular flexibility index (Phi) is 3.94. The molecule has 0 aliphatic rings. The van der Waals surface area contributed by atoms with Gasteiger partial charge in [-0.1, -0.05) is 12.1 Å². The van der Waals surface area contributed by atoms with Crippen LogP contribution >= 0.6 is 0 Å². The molecular weight excluding hydrogens is 273 g/mol. The Labute approximate surface area is 121 Å². The normalized spacial score (nSPS) is 10.2. The molecule has 0 aliphatic heterocycles. The van der Waals surface area contributed by atoms with Gasteiger partial charge in [0.25, 0.3) is 0 Å². The van der Waals surface area contributed by atoms with Gasteiger partial charge in [0, 0.05) is 5.56 Å². The summed E-state index contributed by atoms with van der Waals surface area (Å²) in [4.78, 5) is 12.1. The van der Waals surface area contributed by atoms with Gasteiger partial charge in [0.05, 0.1) is 17.9 Å². The van der Waals surface area contributed by atoms with Crippen molar-refractivity contribution in [3.05, 3.63) is 46.9 Å². The standard InChI is InChI=1S/C15H14FN3O2/c1-3-21-15(20)13-9(2)10(8-17)14(18)19(13)12-7-5-4-6-11(12)16/h4-7H,3,18H2,1-2H3. The zero-order chi connectivity index (χ0) is 15.6. The summed E-state index contributed by atoms with van der Waals surface area (Å²) in [6.45, 7) is 3.42. The second-order valence-corrected chi connectivity index (χ2v) is 4.35. The number of nitrogen functional groups attached to an aromatic ring is 1. The molecule has 1 aromatic heterocycles. The van der Waals surface area contributed by atoms with Crippen LogP contribution in [0.5, 0.6) is 0 Å². The maximum absolute atomic E-state index is 14.0. The number of carbonyl (C=O) groups is 1. The Hall–Kier alpha value is -2.81. The molecule has 1 aromatic carbocycles. The van der Waals surface area contributed by atoms with E-state index in [4.69, 9.17) is 10.5 Å². The van der Waals surface area contributed by atoms with Crippen LogP contribution in [0.25, 0.3) is 5.69 Å². The fourth-order valence-corrected chi connectivity index (χ4v) is 2.18. The number of nitriles is 1. The van der Waals surface area contributed by atoms with Crippen LogP contribution < -0.4 is 5.73 Å². The molecule has 0 atom stereocenters. The third-order valence-corrected chi connectivity index (χ3v) is 3.12. The molecule has 0 spiro atoms. The van der Waals surface area contributed by atoms with Crippen molar-refractivity contribution in [3.8, 4) is 11.8 Å². The molecule has 108 valence electrons. The van der Waals surface area contributed by atoms with Crippen molar-refractivity contribution in [1.82, 2.24) is 4.57 Å². The van der Waals surface area contributed by atoms with E-state index < -0.39 is 11.8 Å². The average molecular weight is 287 g/mol. The number of hydrogen-bond donors (Lipinski definition) is 1. The Bertz CT molecular complexity index is 744.